The van der Waals surface area contributed by atoms with E-state index in [1.807, 2.05) is 23.6 Å². The van der Waals surface area contributed by atoms with Crippen LogP contribution in [0.1, 0.15) is 72.9 Å². The summed E-state index contributed by atoms with van der Waals surface area (Å²) in [4.78, 5) is 26.9. The Balaban J connectivity index is 1.42. The van der Waals surface area contributed by atoms with Crippen molar-refractivity contribution in [3.05, 3.63) is 113 Å². The van der Waals surface area contributed by atoms with Crippen LogP contribution in [0, 0.1) is 11.8 Å². The van der Waals surface area contributed by atoms with E-state index in [0.29, 0.717) is 19.3 Å². The molecule has 0 radical (unpaired) electrons. The van der Waals surface area contributed by atoms with Crippen molar-refractivity contribution in [1.82, 2.24) is 0 Å². The number of thioether (sulfide) groups is 1. The van der Waals surface area contributed by atoms with Gasteiger partial charge in [-0.15, -0.1) is 0 Å². The predicted molar refractivity (Wildman–Crippen MR) is 183 cm³/mol. The minimum atomic E-state index is -1.31. The fourth-order valence-corrected chi connectivity index (χ4v) is 6.69. The smallest absolute Gasteiger partial charge is 0.311 e. The van der Waals surface area contributed by atoms with Gasteiger partial charge in [0, 0.05) is 18.6 Å². The van der Waals surface area contributed by atoms with E-state index in [2.05, 4.69) is 91.2 Å². The lowest BCUT2D eigenvalue weighted by Gasteiger charge is -2.48. The van der Waals surface area contributed by atoms with E-state index in [4.69, 9.17) is 4.74 Å². The maximum absolute atomic E-state index is 13.5. The third kappa shape index (κ3) is 9.32. The molecule has 240 valence electrons. The lowest BCUT2D eigenvalue weighted by Crippen LogP contribution is -2.55. The molecule has 3 unspecified atom stereocenters. The fraction of sp³-hybridized carbons (Fsp3) is 0.421. The first-order valence-electron chi connectivity index (χ1n) is 16.0. The summed E-state index contributed by atoms with van der Waals surface area (Å²) >= 11 is 1.83. The van der Waals surface area contributed by atoms with Crippen LogP contribution in [0.25, 0.3) is 0 Å². The molecule has 0 spiro atoms. The number of anilines is 1. The summed E-state index contributed by atoms with van der Waals surface area (Å²) in [7, 11) is 1.31. The number of hydrogen-bond donors (Lipinski definition) is 2. The molecule has 3 aromatic carbocycles. The number of unbranched alkanes of at least 4 members (excludes halogenated alkanes) is 1. The Bertz CT molecular complexity index is 1390. The van der Waals surface area contributed by atoms with E-state index in [0.717, 1.165) is 54.7 Å². The molecule has 1 aliphatic heterocycles. The Morgan fingerprint density at radius 1 is 0.911 bits per heavy atom. The van der Waals surface area contributed by atoms with Crippen LogP contribution < -0.4 is 4.90 Å². The third-order valence-electron chi connectivity index (χ3n) is 8.79. The van der Waals surface area contributed by atoms with Crippen LogP contribution in [-0.4, -0.2) is 41.7 Å². The molecular weight excluding hydrogens is 582 g/mol. The predicted octanol–water partition coefficient (Wildman–Crippen LogP) is 7.77. The standard InChI is InChI=1S/C38H47NO5S/c1-4-5-6-7-10-33-35(31-22-18-27(19-23-31)9-8-11-34(37(41)42)38(43)44-2)39(36(33)40)32-24-20-29(21-25-32)13-12-28-14-16-30(17-15-28)26-45-3/h4-5,14-25,33-35,38,43H,6-13,26H2,1-3H3,(H,41,42)/b5-4+/t33-,34?,35?,38?/m1/s1. The number of amides is 1. The molecular formula is C38H47NO5S. The van der Waals surface area contributed by atoms with E-state index < -0.39 is 18.2 Å². The highest BCUT2D eigenvalue weighted by atomic mass is 32.2. The molecule has 6 nitrogen and oxygen atoms in total. The van der Waals surface area contributed by atoms with Crippen LogP contribution in [0.15, 0.2) is 84.9 Å². The average Bonchev–Trinajstić information content (AvgIpc) is 3.05. The number of methoxy groups -OCH3 is 1. The van der Waals surface area contributed by atoms with Gasteiger partial charge in [-0.1, -0.05) is 72.8 Å². The number of carboxylic acid groups (broad SMARTS) is 1. The highest BCUT2D eigenvalue weighted by Crippen LogP contribution is 2.46. The maximum atomic E-state index is 13.5. The first-order valence-corrected chi connectivity index (χ1v) is 17.4. The van der Waals surface area contributed by atoms with Gasteiger partial charge in [0.25, 0.3) is 0 Å². The van der Waals surface area contributed by atoms with E-state index in [-0.39, 0.29) is 17.9 Å². The van der Waals surface area contributed by atoms with Crippen LogP contribution in [0.5, 0.6) is 0 Å². The number of benzene rings is 3. The van der Waals surface area contributed by atoms with E-state index >= 15 is 0 Å². The normalized spacial score (nSPS) is 17.8. The first kappa shape index (κ1) is 34.5. The molecule has 3 aromatic rings. The zero-order valence-electron chi connectivity index (χ0n) is 26.7. The number of aryl methyl sites for hydroxylation is 3. The number of rotatable bonds is 18. The SMILES string of the molecule is C/C=C/CCC[C@H]1C(=O)N(c2ccc(CCc3ccc(CSC)cc3)cc2)C1c1ccc(CCCC(C(=O)O)C(O)OC)cc1. The van der Waals surface area contributed by atoms with Crippen molar-refractivity contribution in [1.29, 1.82) is 0 Å². The van der Waals surface area contributed by atoms with Crippen LogP contribution >= 0.6 is 11.8 Å². The van der Waals surface area contributed by atoms with E-state index in [1.165, 1.54) is 23.8 Å². The van der Waals surface area contributed by atoms with Gasteiger partial charge in [0.05, 0.1) is 12.0 Å². The largest absolute Gasteiger partial charge is 0.481 e. The zero-order valence-corrected chi connectivity index (χ0v) is 27.5. The van der Waals surface area contributed by atoms with Crippen LogP contribution in [0.4, 0.5) is 5.69 Å². The van der Waals surface area contributed by atoms with Crippen molar-refractivity contribution in [2.75, 3.05) is 18.3 Å². The minimum absolute atomic E-state index is 0.0176. The second kappa shape index (κ2) is 17.3. The van der Waals surface area contributed by atoms with Crippen molar-refractivity contribution < 1.29 is 24.5 Å². The number of carbonyl (C=O) groups excluding carboxylic acids is 1. The Kier molecular flexibility index (Phi) is 13.3. The molecule has 4 rings (SSSR count). The Hall–Kier alpha value is -3.39. The molecule has 1 aliphatic rings. The number of β-lactam (4-membered cyclic amide) rings is 1. The second-order valence-electron chi connectivity index (χ2n) is 11.9. The number of hydrogen-bond acceptors (Lipinski definition) is 5. The Morgan fingerprint density at radius 3 is 2.07 bits per heavy atom. The van der Waals surface area contributed by atoms with Gasteiger partial charge in [0.1, 0.15) is 5.92 Å². The van der Waals surface area contributed by atoms with Gasteiger partial charge in [-0.2, -0.15) is 11.8 Å². The average molecular weight is 630 g/mol. The van der Waals surface area contributed by atoms with Crippen molar-refractivity contribution in [2.45, 2.75) is 76.4 Å². The number of ether oxygens (including phenoxy) is 1. The molecule has 1 fully saturated rings. The summed E-state index contributed by atoms with van der Waals surface area (Å²) in [6.07, 6.45) is 11.4. The molecule has 1 saturated heterocycles. The third-order valence-corrected chi connectivity index (χ3v) is 9.41. The van der Waals surface area contributed by atoms with Crippen molar-refractivity contribution in [3.63, 3.8) is 0 Å². The summed E-state index contributed by atoms with van der Waals surface area (Å²) in [5.41, 5.74) is 7.08. The van der Waals surface area contributed by atoms with Gasteiger partial charge in [-0.3, -0.25) is 9.59 Å². The van der Waals surface area contributed by atoms with Crippen LogP contribution in [0.2, 0.25) is 0 Å². The summed E-state index contributed by atoms with van der Waals surface area (Å²) in [6.45, 7) is 2.02. The van der Waals surface area contributed by atoms with Crippen molar-refractivity contribution in [3.8, 4) is 0 Å². The van der Waals surface area contributed by atoms with Gasteiger partial charge < -0.3 is 19.8 Å². The monoisotopic (exact) mass is 629 g/mol. The van der Waals surface area contributed by atoms with Crippen molar-refractivity contribution in [2.24, 2.45) is 11.8 Å². The second-order valence-corrected chi connectivity index (χ2v) is 12.7. The number of allylic oxidation sites excluding steroid dienone is 2. The van der Waals surface area contributed by atoms with Crippen molar-refractivity contribution >= 4 is 29.3 Å². The quantitative estimate of drug-likeness (QED) is 0.0647. The Labute approximate surface area is 272 Å². The summed E-state index contributed by atoms with van der Waals surface area (Å²) in [6, 6.07) is 25.7. The number of carbonyl (C=O) groups is 2. The lowest BCUT2D eigenvalue weighted by molar-refractivity contribution is -0.164. The summed E-state index contributed by atoms with van der Waals surface area (Å²) in [5, 5.41) is 19.2. The lowest BCUT2D eigenvalue weighted by atomic mass is 9.78. The number of aliphatic carboxylic acids is 1. The van der Waals surface area contributed by atoms with Gasteiger partial charge in [0.15, 0.2) is 6.29 Å². The topological polar surface area (TPSA) is 87.1 Å². The first-order chi connectivity index (χ1) is 21.9. The molecule has 0 saturated carbocycles. The zero-order chi connectivity index (χ0) is 32.2. The number of carboxylic acids is 1. The molecule has 2 N–H and O–H groups in total. The fourth-order valence-electron chi connectivity index (χ4n) is 6.16. The molecule has 45 heavy (non-hydrogen) atoms. The molecule has 1 heterocycles. The summed E-state index contributed by atoms with van der Waals surface area (Å²) in [5.74, 6) is -0.843. The molecule has 0 aromatic heterocycles. The number of nitrogens with zero attached hydrogens (tertiary/aromatic N) is 1. The van der Waals surface area contributed by atoms with Gasteiger partial charge in [0.2, 0.25) is 5.91 Å². The minimum Gasteiger partial charge on any atom is -0.481 e. The molecule has 0 aliphatic carbocycles. The van der Waals surface area contributed by atoms with Crippen LogP contribution in [-0.2, 0) is 39.3 Å². The van der Waals surface area contributed by atoms with Gasteiger partial charge in [-0.05, 0) is 104 Å². The van der Waals surface area contributed by atoms with E-state index in [1.54, 1.807) is 0 Å². The number of aliphatic hydroxyl groups excluding tert-OH is 1. The maximum Gasteiger partial charge on any atom is 0.311 e. The Morgan fingerprint density at radius 2 is 1.49 bits per heavy atom. The molecule has 1 amide bonds. The highest BCUT2D eigenvalue weighted by molar-refractivity contribution is 7.97. The highest BCUT2D eigenvalue weighted by Gasteiger charge is 2.48. The van der Waals surface area contributed by atoms with Crippen LogP contribution in [0.3, 0.4) is 0 Å². The molecule has 0 bridgehead atoms. The number of aliphatic hydroxyl groups is 1. The summed E-state index contributed by atoms with van der Waals surface area (Å²) < 4.78 is 4.83. The van der Waals surface area contributed by atoms with Gasteiger partial charge >= 0.3 is 5.97 Å². The van der Waals surface area contributed by atoms with Gasteiger partial charge in [-0.25, -0.2) is 0 Å². The molecule has 7 heteroatoms. The van der Waals surface area contributed by atoms with E-state index in [9.17, 15) is 19.8 Å². The molecule has 4 atom stereocenters.